The van der Waals surface area contributed by atoms with E-state index in [1.54, 1.807) is 0 Å². The van der Waals surface area contributed by atoms with Crippen LogP contribution in [0.25, 0.3) is 0 Å². The highest BCUT2D eigenvalue weighted by Crippen LogP contribution is 2.27. The SMILES string of the molecule is COc1cnc(C(N)c2ccc(F)c(F)c2)c(OC)n1. The predicted molar refractivity (Wildman–Crippen MR) is 67.5 cm³/mol. The second kappa shape index (κ2) is 5.79. The number of hydrogen-bond donors (Lipinski definition) is 1. The first-order chi connectivity index (χ1) is 9.56. The molecule has 106 valence electrons. The van der Waals surface area contributed by atoms with Crippen molar-refractivity contribution >= 4 is 0 Å². The normalized spacial score (nSPS) is 12.1. The summed E-state index contributed by atoms with van der Waals surface area (Å²) >= 11 is 0. The lowest BCUT2D eigenvalue weighted by Crippen LogP contribution is -2.16. The van der Waals surface area contributed by atoms with Crippen LogP contribution in [0, 0.1) is 11.6 Å². The van der Waals surface area contributed by atoms with E-state index in [-0.39, 0.29) is 11.8 Å². The van der Waals surface area contributed by atoms with E-state index in [2.05, 4.69) is 9.97 Å². The first kappa shape index (κ1) is 14.1. The summed E-state index contributed by atoms with van der Waals surface area (Å²) in [6.07, 6.45) is 1.37. The summed E-state index contributed by atoms with van der Waals surface area (Å²) < 4.78 is 36.2. The van der Waals surface area contributed by atoms with Crippen molar-refractivity contribution in [3.05, 3.63) is 47.3 Å². The van der Waals surface area contributed by atoms with Crippen LogP contribution >= 0.6 is 0 Å². The van der Waals surface area contributed by atoms with E-state index >= 15 is 0 Å². The number of ether oxygens (including phenoxy) is 2. The zero-order valence-corrected chi connectivity index (χ0v) is 10.9. The van der Waals surface area contributed by atoms with Crippen LogP contribution in [0.1, 0.15) is 17.3 Å². The van der Waals surface area contributed by atoms with E-state index in [1.165, 1.54) is 26.5 Å². The summed E-state index contributed by atoms with van der Waals surface area (Å²) in [5.74, 6) is -1.48. The molecule has 0 amide bonds. The number of benzene rings is 1. The molecule has 2 N–H and O–H groups in total. The molecule has 0 aliphatic heterocycles. The van der Waals surface area contributed by atoms with Gasteiger partial charge in [0.15, 0.2) is 11.6 Å². The number of nitrogens with zero attached hydrogens (tertiary/aromatic N) is 2. The maximum absolute atomic E-state index is 13.2. The molecule has 1 aromatic heterocycles. The Morgan fingerprint density at radius 2 is 1.90 bits per heavy atom. The molecule has 0 aliphatic carbocycles. The fourth-order valence-corrected chi connectivity index (χ4v) is 1.69. The highest BCUT2D eigenvalue weighted by molar-refractivity contribution is 5.34. The van der Waals surface area contributed by atoms with Gasteiger partial charge in [0.25, 0.3) is 0 Å². The summed E-state index contributed by atoms with van der Waals surface area (Å²) in [7, 11) is 2.85. The standard InChI is InChI=1S/C13H13F2N3O2/c1-19-10-6-17-12(13(18-10)20-2)11(16)7-3-4-8(14)9(15)5-7/h3-6,11H,16H2,1-2H3. The van der Waals surface area contributed by atoms with Crippen molar-refractivity contribution in [2.24, 2.45) is 5.73 Å². The van der Waals surface area contributed by atoms with Gasteiger partial charge < -0.3 is 15.2 Å². The van der Waals surface area contributed by atoms with E-state index in [0.29, 0.717) is 11.3 Å². The molecule has 0 saturated carbocycles. The van der Waals surface area contributed by atoms with Crippen LogP contribution in [0.3, 0.4) is 0 Å². The van der Waals surface area contributed by atoms with Crippen LogP contribution in [-0.4, -0.2) is 24.2 Å². The van der Waals surface area contributed by atoms with Crippen LogP contribution in [0.5, 0.6) is 11.8 Å². The topological polar surface area (TPSA) is 70.3 Å². The zero-order chi connectivity index (χ0) is 14.7. The van der Waals surface area contributed by atoms with Crippen LogP contribution < -0.4 is 15.2 Å². The molecule has 2 aromatic rings. The summed E-state index contributed by atoms with van der Waals surface area (Å²) in [5.41, 5.74) is 6.66. The third-order valence-corrected chi connectivity index (χ3v) is 2.74. The first-order valence-corrected chi connectivity index (χ1v) is 5.72. The van der Waals surface area contributed by atoms with E-state index < -0.39 is 17.7 Å². The van der Waals surface area contributed by atoms with Crippen LogP contribution in [0.4, 0.5) is 8.78 Å². The van der Waals surface area contributed by atoms with Gasteiger partial charge in [0, 0.05) is 0 Å². The Morgan fingerprint density at radius 3 is 2.50 bits per heavy atom. The van der Waals surface area contributed by atoms with E-state index in [0.717, 1.165) is 12.1 Å². The molecule has 5 nitrogen and oxygen atoms in total. The molecule has 1 atom stereocenters. The number of nitrogens with two attached hydrogens (primary N) is 1. The molecule has 0 saturated heterocycles. The van der Waals surface area contributed by atoms with Gasteiger partial charge in [0.1, 0.15) is 5.69 Å². The van der Waals surface area contributed by atoms with Gasteiger partial charge in [-0.25, -0.2) is 13.8 Å². The van der Waals surface area contributed by atoms with E-state index in [9.17, 15) is 8.78 Å². The molecule has 0 aliphatic rings. The first-order valence-electron chi connectivity index (χ1n) is 5.72. The number of rotatable bonds is 4. The summed E-state index contributed by atoms with van der Waals surface area (Å²) in [6, 6.07) is 2.62. The Hall–Kier alpha value is -2.28. The molecular weight excluding hydrogens is 268 g/mol. The number of methoxy groups -OCH3 is 2. The van der Waals surface area contributed by atoms with Gasteiger partial charge in [-0.3, -0.25) is 0 Å². The second-order valence-electron chi connectivity index (χ2n) is 3.96. The Morgan fingerprint density at radius 1 is 1.15 bits per heavy atom. The minimum atomic E-state index is -0.974. The Labute approximate surface area is 114 Å². The lowest BCUT2D eigenvalue weighted by Gasteiger charge is -2.14. The minimum absolute atomic E-state index is 0.168. The number of aromatic nitrogens is 2. The average molecular weight is 281 g/mol. The summed E-state index contributed by atoms with van der Waals surface area (Å²) in [5, 5.41) is 0. The van der Waals surface area contributed by atoms with Crippen molar-refractivity contribution < 1.29 is 18.3 Å². The summed E-state index contributed by atoms with van der Waals surface area (Å²) in [4.78, 5) is 8.14. The van der Waals surface area contributed by atoms with Gasteiger partial charge in [-0.05, 0) is 17.7 Å². The largest absolute Gasteiger partial charge is 0.480 e. The molecule has 0 bridgehead atoms. The zero-order valence-electron chi connectivity index (χ0n) is 10.9. The lowest BCUT2D eigenvalue weighted by molar-refractivity contribution is 0.355. The van der Waals surface area contributed by atoms with Gasteiger partial charge in [0.2, 0.25) is 11.8 Å². The predicted octanol–water partition coefficient (Wildman–Crippen LogP) is 1.82. The number of halogens is 2. The van der Waals surface area contributed by atoms with Gasteiger partial charge in [-0.1, -0.05) is 6.07 Å². The molecule has 0 radical (unpaired) electrons. The molecule has 1 unspecified atom stereocenters. The van der Waals surface area contributed by atoms with Crippen LogP contribution in [-0.2, 0) is 0 Å². The molecule has 7 heteroatoms. The van der Waals surface area contributed by atoms with Crippen molar-refractivity contribution in [1.29, 1.82) is 0 Å². The molecule has 20 heavy (non-hydrogen) atoms. The van der Waals surface area contributed by atoms with Crippen molar-refractivity contribution in [3.63, 3.8) is 0 Å². The van der Waals surface area contributed by atoms with Crippen LogP contribution in [0.2, 0.25) is 0 Å². The lowest BCUT2D eigenvalue weighted by atomic mass is 10.0. The molecule has 0 fully saturated rings. The quantitative estimate of drug-likeness (QED) is 0.925. The maximum atomic E-state index is 13.2. The minimum Gasteiger partial charge on any atom is -0.480 e. The molecular formula is C13H13F2N3O2. The average Bonchev–Trinajstić information content (AvgIpc) is 2.48. The fraction of sp³-hybridized carbons (Fsp3) is 0.231. The van der Waals surface area contributed by atoms with Gasteiger partial charge in [-0.15, -0.1) is 0 Å². The van der Waals surface area contributed by atoms with Crippen LogP contribution in [0.15, 0.2) is 24.4 Å². The Balaban J connectivity index is 2.41. The Kier molecular flexibility index (Phi) is 4.09. The van der Waals surface area contributed by atoms with Gasteiger partial charge in [-0.2, -0.15) is 4.98 Å². The van der Waals surface area contributed by atoms with Crippen molar-refractivity contribution in [2.75, 3.05) is 14.2 Å². The third-order valence-electron chi connectivity index (χ3n) is 2.74. The molecule has 0 spiro atoms. The highest BCUT2D eigenvalue weighted by Gasteiger charge is 2.19. The third kappa shape index (κ3) is 2.67. The molecule has 1 heterocycles. The van der Waals surface area contributed by atoms with Gasteiger partial charge in [0.05, 0.1) is 26.5 Å². The molecule has 2 rings (SSSR count). The molecule has 1 aromatic carbocycles. The smallest absolute Gasteiger partial charge is 0.240 e. The highest BCUT2D eigenvalue weighted by atomic mass is 19.2. The monoisotopic (exact) mass is 281 g/mol. The van der Waals surface area contributed by atoms with Crippen molar-refractivity contribution in [3.8, 4) is 11.8 Å². The maximum Gasteiger partial charge on any atom is 0.240 e. The van der Waals surface area contributed by atoms with Gasteiger partial charge >= 0.3 is 0 Å². The number of hydrogen-bond acceptors (Lipinski definition) is 5. The van der Waals surface area contributed by atoms with Crippen molar-refractivity contribution in [2.45, 2.75) is 6.04 Å². The van der Waals surface area contributed by atoms with Crippen molar-refractivity contribution in [1.82, 2.24) is 9.97 Å². The fourth-order valence-electron chi connectivity index (χ4n) is 1.69. The summed E-state index contributed by atoms with van der Waals surface area (Å²) in [6.45, 7) is 0. The van der Waals surface area contributed by atoms with E-state index in [4.69, 9.17) is 15.2 Å². The Bertz CT molecular complexity index is 623. The second-order valence-corrected chi connectivity index (χ2v) is 3.96. The van der Waals surface area contributed by atoms with E-state index in [1.807, 2.05) is 0 Å².